The third-order valence-electron chi connectivity index (χ3n) is 5.27. The number of anilines is 1. The van der Waals surface area contributed by atoms with E-state index in [0.29, 0.717) is 18.1 Å². The van der Waals surface area contributed by atoms with Gasteiger partial charge in [-0.15, -0.1) is 10.2 Å². The largest absolute Gasteiger partial charge is 0.369 e. The molecule has 1 N–H and O–H groups in total. The Labute approximate surface area is 189 Å². The van der Waals surface area contributed by atoms with Gasteiger partial charge in [0.25, 0.3) is 5.91 Å². The van der Waals surface area contributed by atoms with E-state index >= 15 is 0 Å². The van der Waals surface area contributed by atoms with Gasteiger partial charge in [-0.05, 0) is 42.3 Å². The number of nitrogens with zero attached hydrogens (tertiary/aromatic N) is 4. The Morgan fingerprint density at radius 1 is 1.13 bits per heavy atom. The number of carbonyl (C=O) groups excluding carboxylic acids is 1. The monoisotopic (exact) mass is 459 g/mol. The molecule has 0 bridgehead atoms. The average molecular weight is 460 g/mol. The first kappa shape index (κ1) is 21.7. The van der Waals surface area contributed by atoms with Gasteiger partial charge < -0.3 is 10.2 Å². The quantitative estimate of drug-likeness (QED) is 0.606. The molecule has 1 amide bonds. The van der Waals surface area contributed by atoms with Gasteiger partial charge in [-0.2, -0.15) is 0 Å². The lowest BCUT2D eigenvalue weighted by Gasteiger charge is -2.36. The number of piperazine rings is 1. The molecule has 0 spiro atoms. The lowest BCUT2D eigenvalue weighted by molar-refractivity contribution is 0.0950. The summed E-state index contributed by atoms with van der Waals surface area (Å²) in [6.45, 7) is 6.71. The molecule has 9 heteroatoms. The summed E-state index contributed by atoms with van der Waals surface area (Å²) in [5.41, 5.74) is 3.23. The van der Waals surface area contributed by atoms with Gasteiger partial charge in [0.2, 0.25) is 5.01 Å². The van der Waals surface area contributed by atoms with Crippen molar-refractivity contribution in [2.24, 2.45) is 0 Å². The van der Waals surface area contributed by atoms with Gasteiger partial charge in [0.05, 0.1) is 6.54 Å². The van der Waals surface area contributed by atoms with Crippen LogP contribution in [0, 0.1) is 12.7 Å². The predicted molar refractivity (Wildman–Crippen MR) is 121 cm³/mol. The predicted octanol–water partition coefficient (Wildman–Crippen LogP) is 3.89. The van der Waals surface area contributed by atoms with Crippen LogP contribution in [0.15, 0.2) is 42.5 Å². The highest BCUT2D eigenvalue weighted by molar-refractivity contribution is 7.13. The van der Waals surface area contributed by atoms with Crippen LogP contribution in [0.1, 0.15) is 25.9 Å². The maximum Gasteiger partial charge on any atom is 0.282 e. The van der Waals surface area contributed by atoms with Crippen LogP contribution in [-0.2, 0) is 13.1 Å². The Kier molecular flexibility index (Phi) is 6.80. The van der Waals surface area contributed by atoms with E-state index in [9.17, 15) is 9.18 Å². The maximum atomic E-state index is 13.0. The standard InChI is InChI=1S/C22H23ClFN5OS/c1-15-2-5-17(23)12-19(15)29-10-8-28(9-11-29)14-20-26-27-22(31-20)21(30)25-13-16-3-6-18(24)7-4-16/h2-7,12H,8-11,13-14H2,1H3,(H,25,30). The fourth-order valence-corrected chi connectivity index (χ4v) is 4.50. The normalized spacial score (nSPS) is 14.6. The zero-order valence-electron chi connectivity index (χ0n) is 17.1. The first-order valence-electron chi connectivity index (χ1n) is 10.1. The van der Waals surface area contributed by atoms with E-state index in [1.807, 2.05) is 18.2 Å². The summed E-state index contributed by atoms with van der Waals surface area (Å²) in [5.74, 6) is -0.568. The van der Waals surface area contributed by atoms with Crippen molar-refractivity contribution in [3.8, 4) is 0 Å². The van der Waals surface area contributed by atoms with Gasteiger partial charge in [-0.25, -0.2) is 4.39 Å². The summed E-state index contributed by atoms with van der Waals surface area (Å²) < 4.78 is 13.0. The number of amides is 1. The first-order valence-corrected chi connectivity index (χ1v) is 11.3. The number of hydrogen-bond donors (Lipinski definition) is 1. The molecule has 162 valence electrons. The molecule has 4 rings (SSSR count). The highest BCUT2D eigenvalue weighted by Crippen LogP contribution is 2.25. The summed E-state index contributed by atoms with van der Waals surface area (Å²) in [6, 6.07) is 12.0. The van der Waals surface area contributed by atoms with E-state index in [4.69, 9.17) is 11.6 Å². The lowest BCUT2D eigenvalue weighted by atomic mass is 10.1. The molecule has 0 aliphatic carbocycles. The lowest BCUT2D eigenvalue weighted by Crippen LogP contribution is -2.46. The number of nitrogens with one attached hydrogen (secondary N) is 1. The molecule has 3 aromatic rings. The Hall–Kier alpha value is -2.55. The fraction of sp³-hybridized carbons (Fsp3) is 0.318. The molecule has 0 unspecified atom stereocenters. The highest BCUT2D eigenvalue weighted by Gasteiger charge is 2.21. The summed E-state index contributed by atoms with van der Waals surface area (Å²) >= 11 is 7.47. The number of carbonyl (C=O) groups is 1. The van der Waals surface area contributed by atoms with E-state index in [-0.39, 0.29) is 11.7 Å². The molecule has 0 saturated carbocycles. The van der Waals surface area contributed by atoms with Gasteiger partial charge in [0.1, 0.15) is 10.8 Å². The Morgan fingerprint density at radius 3 is 2.61 bits per heavy atom. The molecule has 1 aromatic heterocycles. The summed E-state index contributed by atoms with van der Waals surface area (Å²) in [4.78, 5) is 17.0. The zero-order chi connectivity index (χ0) is 21.8. The van der Waals surface area contributed by atoms with E-state index in [2.05, 4.69) is 32.2 Å². The second-order valence-electron chi connectivity index (χ2n) is 7.50. The van der Waals surface area contributed by atoms with Crippen molar-refractivity contribution in [3.63, 3.8) is 0 Å². The van der Waals surface area contributed by atoms with Crippen LogP contribution in [0.2, 0.25) is 5.02 Å². The Morgan fingerprint density at radius 2 is 1.87 bits per heavy atom. The second kappa shape index (κ2) is 9.72. The number of aromatic nitrogens is 2. The van der Waals surface area contributed by atoms with Gasteiger partial charge in [0.15, 0.2) is 0 Å². The molecular formula is C22H23ClFN5OS. The molecule has 0 radical (unpaired) electrons. The Balaban J connectivity index is 1.28. The summed E-state index contributed by atoms with van der Waals surface area (Å²) in [6.07, 6.45) is 0. The molecule has 1 aliphatic rings. The highest BCUT2D eigenvalue weighted by atomic mass is 35.5. The van der Waals surface area contributed by atoms with Crippen molar-refractivity contribution in [1.82, 2.24) is 20.4 Å². The summed E-state index contributed by atoms with van der Waals surface area (Å²) in [5, 5.41) is 12.9. The van der Waals surface area contributed by atoms with Crippen LogP contribution in [-0.4, -0.2) is 47.2 Å². The van der Waals surface area contributed by atoms with Crippen LogP contribution in [0.4, 0.5) is 10.1 Å². The number of aryl methyl sites for hydroxylation is 1. The van der Waals surface area contributed by atoms with Crippen LogP contribution < -0.4 is 10.2 Å². The van der Waals surface area contributed by atoms with E-state index < -0.39 is 0 Å². The fourth-order valence-electron chi connectivity index (χ4n) is 3.53. The first-order chi connectivity index (χ1) is 15.0. The van der Waals surface area contributed by atoms with Crippen molar-refractivity contribution >= 4 is 34.5 Å². The Bertz CT molecular complexity index is 1050. The molecule has 2 aromatic carbocycles. The molecular weight excluding hydrogens is 437 g/mol. The van der Waals surface area contributed by atoms with E-state index in [0.717, 1.165) is 41.8 Å². The molecule has 1 aliphatic heterocycles. The van der Waals surface area contributed by atoms with Gasteiger partial charge in [-0.1, -0.05) is 41.1 Å². The molecule has 1 saturated heterocycles. The number of hydrogen-bond acceptors (Lipinski definition) is 6. The number of benzene rings is 2. The van der Waals surface area contributed by atoms with Crippen LogP contribution in [0.3, 0.4) is 0 Å². The zero-order valence-corrected chi connectivity index (χ0v) is 18.7. The van der Waals surface area contributed by atoms with Crippen molar-refractivity contribution in [2.75, 3.05) is 31.1 Å². The molecule has 0 atom stereocenters. The van der Waals surface area contributed by atoms with Crippen LogP contribution >= 0.6 is 22.9 Å². The number of rotatable bonds is 6. The van der Waals surface area contributed by atoms with Gasteiger partial charge in [0, 0.05) is 43.4 Å². The summed E-state index contributed by atoms with van der Waals surface area (Å²) in [7, 11) is 0. The smallest absolute Gasteiger partial charge is 0.282 e. The third-order valence-corrected chi connectivity index (χ3v) is 6.41. The van der Waals surface area contributed by atoms with Crippen LogP contribution in [0.5, 0.6) is 0 Å². The van der Waals surface area contributed by atoms with Crippen molar-refractivity contribution in [3.05, 3.63) is 74.4 Å². The second-order valence-corrected chi connectivity index (χ2v) is 9.00. The third kappa shape index (κ3) is 5.58. The maximum absolute atomic E-state index is 13.0. The molecule has 31 heavy (non-hydrogen) atoms. The van der Waals surface area contributed by atoms with Gasteiger partial charge >= 0.3 is 0 Å². The molecule has 1 fully saturated rings. The SMILES string of the molecule is Cc1ccc(Cl)cc1N1CCN(Cc2nnc(C(=O)NCc3ccc(F)cc3)s2)CC1. The minimum atomic E-state index is -0.299. The minimum absolute atomic E-state index is 0.269. The topological polar surface area (TPSA) is 61.4 Å². The van der Waals surface area contributed by atoms with E-state index in [1.165, 1.54) is 34.7 Å². The van der Waals surface area contributed by atoms with Crippen molar-refractivity contribution in [1.29, 1.82) is 0 Å². The molecule has 6 nitrogen and oxygen atoms in total. The number of halogens is 2. The minimum Gasteiger partial charge on any atom is -0.369 e. The van der Waals surface area contributed by atoms with Crippen molar-refractivity contribution in [2.45, 2.75) is 20.0 Å². The van der Waals surface area contributed by atoms with Crippen molar-refractivity contribution < 1.29 is 9.18 Å². The molecule has 2 heterocycles. The average Bonchev–Trinajstić information content (AvgIpc) is 3.24. The van der Waals surface area contributed by atoms with Crippen LogP contribution in [0.25, 0.3) is 0 Å². The van der Waals surface area contributed by atoms with Gasteiger partial charge in [-0.3, -0.25) is 9.69 Å². The van der Waals surface area contributed by atoms with E-state index in [1.54, 1.807) is 12.1 Å².